The van der Waals surface area contributed by atoms with E-state index in [9.17, 15) is 14.7 Å². The summed E-state index contributed by atoms with van der Waals surface area (Å²) < 4.78 is 5.93. The van der Waals surface area contributed by atoms with Crippen LogP contribution >= 0.6 is 27.7 Å². The van der Waals surface area contributed by atoms with Crippen LogP contribution in [0.2, 0.25) is 0 Å². The molecule has 1 aliphatic heterocycles. The molecule has 2 rings (SSSR count). The Morgan fingerprint density at radius 1 is 1.52 bits per heavy atom. The summed E-state index contributed by atoms with van der Waals surface area (Å²) in [4.78, 5) is 23.6. The summed E-state index contributed by atoms with van der Waals surface area (Å²) in [5, 5.41) is 12.0. The van der Waals surface area contributed by atoms with E-state index in [-0.39, 0.29) is 12.3 Å². The van der Waals surface area contributed by atoms with Gasteiger partial charge in [-0.3, -0.25) is 4.79 Å². The molecule has 1 aromatic rings. The zero-order valence-electron chi connectivity index (χ0n) is 11.5. The number of ether oxygens (including phenoxy) is 1. The quantitative estimate of drug-likeness (QED) is 0.826. The molecule has 1 aliphatic rings. The first-order valence-corrected chi connectivity index (χ1v) is 8.36. The minimum absolute atomic E-state index is 0.109. The van der Waals surface area contributed by atoms with Crippen molar-refractivity contribution in [2.75, 3.05) is 18.6 Å². The fraction of sp³-hybridized carbons (Fsp3) is 0.429. The van der Waals surface area contributed by atoms with Gasteiger partial charge in [-0.2, -0.15) is 11.8 Å². The minimum atomic E-state index is -1.13. The number of hydrogen-bond acceptors (Lipinski definition) is 4. The van der Waals surface area contributed by atoms with E-state index in [1.165, 1.54) is 0 Å². The number of benzene rings is 1. The van der Waals surface area contributed by atoms with Crippen molar-refractivity contribution in [1.29, 1.82) is 0 Å². The maximum absolute atomic E-state index is 12.2. The Balaban J connectivity index is 2.09. The standard InChI is InChI=1S/C14H16BrNO4S/c1-20-10-2-3-11(15)9(6-10)7-12(17)16-14(13(18)19)4-5-21-8-14/h2-3,6H,4-5,7-8H2,1H3,(H,16,17)(H,18,19). The number of hydrogen-bond donors (Lipinski definition) is 2. The van der Waals surface area contributed by atoms with Crippen LogP contribution in [-0.4, -0.2) is 41.1 Å². The first kappa shape index (κ1) is 16.2. The average molecular weight is 374 g/mol. The monoisotopic (exact) mass is 373 g/mol. The highest BCUT2D eigenvalue weighted by Gasteiger charge is 2.43. The summed E-state index contributed by atoms with van der Waals surface area (Å²) in [5.41, 5.74) is -0.370. The van der Waals surface area contributed by atoms with Crippen LogP contribution in [0, 0.1) is 0 Å². The number of carboxylic acids is 1. The van der Waals surface area contributed by atoms with Gasteiger partial charge in [-0.1, -0.05) is 15.9 Å². The van der Waals surface area contributed by atoms with E-state index in [1.807, 2.05) is 0 Å². The highest BCUT2D eigenvalue weighted by Crippen LogP contribution is 2.29. The molecule has 0 radical (unpaired) electrons. The van der Waals surface area contributed by atoms with E-state index in [2.05, 4.69) is 21.2 Å². The van der Waals surface area contributed by atoms with Crippen molar-refractivity contribution in [3.05, 3.63) is 28.2 Å². The van der Waals surface area contributed by atoms with Gasteiger partial charge in [0.05, 0.1) is 13.5 Å². The van der Waals surface area contributed by atoms with Gasteiger partial charge in [0, 0.05) is 10.2 Å². The maximum atomic E-state index is 12.2. The van der Waals surface area contributed by atoms with Crippen molar-refractivity contribution >= 4 is 39.6 Å². The van der Waals surface area contributed by atoms with Gasteiger partial charge in [0.25, 0.3) is 0 Å². The van der Waals surface area contributed by atoms with Crippen LogP contribution in [0.1, 0.15) is 12.0 Å². The largest absolute Gasteiger partial charge is 0.497 e. The first-order chi connectivity index (χ1) is 9.97. The highest BCUT2D eigenvalue weighted by atomic mass is 79.9. The van der Waals surface area contributed by atoms with Gasteiger partial charge in [-0.15, -0.1) is 0 Å². The zero-order chi connectivity index (χ0) is 15.5. The second kappa shape index (κ2) is 6.70. The van der Waals surface area contributed by atoms with E-state index < -0.39 is 11.5 Å². The molecule has 1 unspecified atom stereocenters. The lowest BCUT2D eigenvalue weighted by molar-refractivity contribution is -0.146. The number of nitrogens with one attached hydrogen (secondary N) is 1. The molecule has 5 nitrogen and oxygen atoms in total. The molecule has 0 aliphatic carbocycles. The molecule has 21 heavy (non-hydrogen) atoms. The van der Waals surface area contributed by atoms with Gasteiger partial charge in [0.1, 0.15) is 11.3 Å². The molecule has 7 heteroatoms. The number of amides is 1. The minimum Gasteiger partial charge on any atom is -0.497 e. The Bertz CT molecular complexity index is 558. The molecule has 1 amide bonds. The van der Waals surface area contributed by atoms with Crippen LogP contribution in [-0.2, 0) is 16.0 Å². The topological polar surface area (TPSA) is 75.6 Å². The van der Waals surface area contributed by atoms with E-state index in [1.54, 1.807) is 37.1 Å². The lowest BCUT2D eigenvalue weighted by atomic mass is 9.98. The number of carboxylic acid groups (broad SMARTS) is 1. The number of carbonyl (C=O) groups excluding carboxylic acids is 1. The predicted molar refractivity (Wildman–Crippen MR) is 84.8 cm³/mol. The molecular weight excluding hydrogens is 358 g/mol. The van der Waals surface area contributed by atoms with E-state index >= 15 is 0 Å². The Labute approximate surface area is 135 Å². The summed E-state index contributed by atoms with van der Waals surface area (Å²) in [7, 11) is 1.56. The van der Waals surface area contributed by atoms with Crippen LogP contribution in [0.3, 0.4) is 0 Å². The molecule has 0 bridgehead atoms. The molecule has 2 N–H and O–H groups in total. The maximum Gasteiger partial charge on any atom is 0.330 e. The number of aliphatic carboxylic acids is 1. The SMILES string of the molecule is COc1ccc(Br)c(CC(=O)NC2(C(=O)O)CCSC2)c1. The molecule has 114 valence electrons. The van der Waals surface area contributed by atoms with Crippen molar-refractivity contribution in [2.24, 2.45) is 0 Å². The van der Waals surface area contributed by atoms with Crippen LogP contribution in [0.5, 0.6) is 5.75 Å². The molecule has 1 saturated heterocycles. The Kier molecular flexibility index (Phi) is 5.16. The third-order valence-corrected chi connectivity index (χ3v) is 5.38. The average Bonchev–Trinajstić information content (AvgIpc) is 2.91. The van der Waals surface area contributed by atoms with Gasteiger partial charge in [-0.25, -0.2) is 4.79 Å². The normalized spacial score (nSPS) is 21.0. The summed E-state index contributed by atoms with van der Waals surface area (Å²) in [6, 6.07) is 5.36. The number of rotatable bonds is 5. The Morgan fingerprint density at radius 2 is 2.29 bits per heavy atom. The second-order valence-electron chi connectivity index (χ2n) is 4.87. The van der Waals surface area contributed by atoms with Gasteiger partial charge in [0.2, 0.25) is 5.91 Å². The fourth-order valence-corrected chi connectivity index (χ4v) is 3.90. The third kappa shape index (κ3) is 3.71. The van der Waals surface area contributed by atoms with Crippen molar-refractivity contribution in [3.8, 4) is 5.75 Å². The Hall–Kier alpha value is -1.21. The molecular formula is C14H16BrNO4S. The van der Waals surface area contributed by atoms with Crippen LogP contribution in [0.15, 0.2) is 22.7 Å². The predicted octanol–water partition coefficient (Wildman–Crippen LogP) is 2.08. The van der Waals surface area contributed by atoms with Crippen molar-refractivity contribution in [3.63, 3.8) is 0 Å². The summed E-state index contributed by atoms with van der Waals surface area (Å²) in [5.74, 6) is 0.549. The third-order valence-electron chi connectivity index (χ3n) is 3.41. The van der Waals surface area contributed by atoms with E-state index in [0.29, 0.717) is 17.9 Å². The fourth-order valence-electron chi connectivity index (χ4n) is 2.18. The molecule has 1 fully saturated rings. The molecule has 1 heterocycles. The van der Waals surface area contributed by atoms with Crippen molar-refractivity contribution in [2.45, 2.75) is 18.4 Å². The van der Waals surface area contributed by atoms with E-state index in [4.69, 9.17) is 4.74 Å². The highest BCUT2D eigenvalue weighted by molar-refractivity contribution is 9.10. The van der Waals surface area contributed by atoms with Crippen LogP contribution < -0.4 is 10.1 Å². The number of carbonyl (C=O) groups is 2. The molecule has 0 saturated carbocycles. The smallest absolute Gasteiger partial charge is 0.330 e. The summed E-state index contributed by atoms with van der Waals surface area (Å²) in [6.07, 6.45) is 0.565. The molecule has 1 aromatic carbocycles. The van der Waals surface area contributed by atoms with Crippen LogP contribution in [0.25, 0.3) is 0 Å². The molecule has 0 aromatic heterocycles. The van der Waals surface area contributed by atoms with Gasteiger partial charge in [-0.05, 0) is 35.9 Å². The Morgan fingerprint density at radius 3 is 2.86 bits per heavy atom. The number of thioether (sulfide) groups is 1. The molecule has 1 atom stereocenters. The van der Waals surface area contributed by atoms with Gasteiger partial charge < -0.3 is 15.2 Å². The molecule has 0 spiro atoms. The summed E-state index contributed by atoms with van der Waals surface area (Å²) in [6.45, 7) is 0. The second-order valence-corrected chi connectivity index (χ2v) is 6.83. The lowest BCUT2D eigenvalue weighted by Gasteiger charge is -2.24. The zero-order valence-corrected chi connectivity index (χ0v) is 13.9. The van der Waals surface area contributed by atoms with Crippen molar-refractivity contribution < 1.29 is 19.4 Å². The number of methoxy groups -OCH3 is 1. The summed E-state index contributed by atoms with van der Waals surface area (Å²) >= 11 is 4.93. The lowest BCUT2D eigenvalue weighted by Crippen LogP contribution is -2.55. The van der Waals surface area contributed by atoms with E-state index in [0.717, 1.165) is 15.8 Å². The first-order valence-electron chi connectivity index (χ1n) is 6.41. The number of halogens is 1. The van der Waals surface area contributed by atoms with Gasteiger partial charge in [0.15, 0.2) is 0 Å². The van der Waals surface area contributed by atoms with Gasteiger partial charge >= 0.3 is 5.97 Å². The van der Waals surface area contributed by atoms with Crippen molar-refractivity contribution in [1.82, 2.24) is 5.32 Å². The van der Waals surface area contributed by atoms with Crippen LogP contribution in [0.4, 0.5) is 0 Å².